The number of carbonyl (C=O) groups is 1. The molecule has 306 valence electrons. The first-order valence-electron chi connectivity index (χ1n) is 22.1. The van der Waals surface area contributed by atoms with Crippen LogP contribution in [0, 0.1) is 0 Å². The molecule has 2 unspecified atom stereocenters. The van der Waals surface area contributed by atoms with Crippen molar-refractivity contribution in [3.8, 4) is 0 Å². The minimum Gasteiger partial charge on any atom is -0.394 e. The van der Waals surface area contributed by atoms with Crippen LogP contribution in [0.2, 0.25) is 0 Å². The zero-order valence-electron chi connectivity index (χ0n) is 34.9. The minimum absolute atomic E-state index is 0.0882. The molecule has 54 heavy (non-hydrogen) atoms. The van der Waals surface area contributed by atoms with Crippen LogP contribution in [-0.2, 0) is 4.79 Å². The first kappa shape index (κ1) is 51.0. The SMILES string of the molecule is CC/C=C\C/C=C\C/C=C\C/C=C\C/C=C\C/C=C\C/C=C\CCCCCCCCCCCC(=O)NC(CO)C(O)/C=C/CC/C=C/CCCCCCC. The quantitative estimate of drug-likeness (QED) is 0.0435. The molecule has 0 rings (SSSR count). The molecule has 0 radical (unpaired) electrons. The molecule has 0 fully saturated rings. The van der Waals surface area contributed by atoms with Gasteiger partial charge in [0.1, 0.15) is 0 Å². The number of hydrogen-bond donors (Lipinski definition) is 3. The van der Waals surface area contributed by atoms with E-state index in [0.717, 1.165) is 83.5 Å². The molecule has 4 nitrogen and oxygen atoms in total. The third kappa shape index (κ3) is 40.2. The molecule has 0 saturated heterocycles. The second-order valence-corrected chi connectivity index (χ2v) is 14.4. The van der Waals surface area contributed by atoms with Gasteiger partial charge in [-0.2, -0.15) is 0 Å². The number of nitrogens with one attached hydrogen (secondary N) is 1. The molecular formula is C50H83NO3. The van der Waals surface area contributed by atoms with Crippen molar-refractivity contribution in [3.05, 3.63) is 109 Å². The van der Waals surface area contributed by atoms with Crippen LogP contribution in [0.1, 0.15) is 181 Å². The highest BCUT2D eigenvalue weighted by molar-refractivity contribution is 5.76. The first-order chi connectivity index (χ1) is 26.7. The van der Waals surface area contributed by atoms with Crippen molar-refractivity contribution >= 4 is 5.91 Å². The molecule has 0 saturated carbocycles. The van der Waals surface area contributed by atoms with Gasteiger partial charge in [-0.25, -0.2) is 0 Å². The highest BCUT2D eigenvalue weighted by atomic mass is 16.3. The molecule has 0 bridgehead atoms. The van der Waals surface area contributed by atoms with E-state index >= 15 is 0 Å². The molecule has 0 aliphatic carbocycles. The van der Waals surface area contributed by atoms with Crippen LogP contribution in [0.15, 0.2) is 109 Å². The van der Waals surface area contributed by atoms with Crippen molar-refractivity contribution in [1.82, 2.24) is 5.32 Å². The topological polar surface area (TPSA) is 69.6 Å². The molecule has 0 aromatic heterocycles. The van der Waals surface area contributed by atoms with Crippen molar-refractivity contribution in [2.24, 2.45) is 0 Å². The van der Waals surface area contributed by atoms with Crippen LogP contribution in [0.5, 0.6) is 0 Å². The van der Waals surface area contributed by atoms with E-state index in [0.29, 0.717) is 6.42 Å². The van der Waals surface area contributed by atoms with Crippen LogP contribution >= 0.6 is 0 Å². The number of aliphatic hydroxyl groups is 2. The molecule has 4 heteroatoms. The average Bonchev–Trinajstić information content (AvgIpc) is 3.18. The van der Waals surface area contributed by atoms with Crippen molar-refractivity contribution in [2.75, 3.05) is 6.61 Å². The van der Waals surface area contributed by atoms with Gasteiger partial charge in [-0.15, -0.1) is 0 Å². The van der Waals surface area contributed by atoms with E-state index in [1.165, 1.54) is 77.0 Å². The summed E-state index contributed by atoms with van der Waals surface area (Å²) in [5.41, 5.74) is 0. The van der Waals surface area contributed by atoms with Gasteiger partial charge in [-0.1, -0.05) is 194 Å². The maximum Gasteiger partial charge on any atom is 0.220 e. The summed E-state index contributed by atoms with van der Waals surface area (Å²) < 4.78 is 0. The summed E-state index contributed by atoms with van der Waals surface area (Å²) in [6, 6.07) is -0.648. The standard InChI is InChI=1S/C50H83NO3/c1-3-5-7-9-11-13-15-16-17-18-19-20-21-22-23-24-25-26-27-28-29-30-31-32-33-34-36-38-40-42-44-46-50(54)51-48(47-52)49(53)45-43-41-39-37-35-14-12-10-8-6-4-2/h5,7,11,13,16-17,19-20,22-23,25-26,28-29,35,37,43,45,48-49,52-53H,3-4,6,8-10,12,14-15,18,21,24,27,30-34,36,38-42,44,46-47H2,1-2H3,(H,51,54)/b7-5-,13-11-,17-16-,20-19-,23-22-,26-25-,29-28-,37-35+,45-43+. The third-order valence-corrected chi connectivity index (χ3v) is 9.24. The Hall–Kier alpha value is -2.95. The number of hydrogen-bond acceptors (Lipinski definition) is 3. The summed E-state index contributed by atoms with van der Waals surface area (Å²) >= 11 is 0. The second-order valence-electron chi connectivity index (χ2n) is 14.4. The maximum absolute atomic E-state index is 12.4. The number of amides is 1. The third-order valence-electron chi connectivity index (χ3n) is 9.24. The van der Waals surface area contributed by atoms with Crippen LogP contribution in [0.4, 0.5) is 0 Å². The van der Waals surface area contributed by atoms with Crippen molar-refractivity contribution < 1.29 is 15.0 Å². The van der Waals surface area contributed by atoms with Gasteiger partial charge in [0.2, 0.25) is 5.91 Å². The van der Waals surface area contributed by atoms with Gasteiger partial charge in [0.15, 0.2) is 0 Å². The van der Waals surface area contributed by atoms with E-state index in [4.69, 9.17) is 0 Å². The predicted molar refractivity (Wildman–Crippen MR) is 239 cm³/mol. The highest BCUT2D eigenvalue weighted by Crippen LogP contribution is 2.12. The molecule has 0 aromatic rings. The zero-order chi connectivity index (χ0) is 39.3. The van der Waals surface area contributed by atoms with E-state index in [-0.39, 0.29) is 12.5 Å². The van der Waals surface area contributed by atoms with Gasteiger partial charge >= 0.3 is 0 Å². The average molecular weight is 746 g/mol. The summed E-state index contributed by atoms with van der Waals surface area (Å²) in [7, 11) is 0. The Morgan fingerprint density at radius 3 is 1.30 bits per heavy atom. The zero-order valence-corrected chi connectivity index (χ0v) is 34.9. The molecule has 3 N–H and O–H groups in total. The van der Waals surface area contributed by atoms with Crippen LogP contribution in [0.3, 0.4) is 0 Å². The van der Waals surface area contributed by atoms with Gasteiger partial charge in [0, 0.05) is 6.42 Å². The molecule has 1 amide bonds. The van der Waals surface area contributed by atoms with Crippen LogP contribution in [0.25, 0.3) is 0 Å². The van der Waals surface area contributed by atoms with Gasteiger partial charge in [0.05, 0.1) is 18.8 Å². The van der Waals surface area contributed by atoms with Gasteiger partial charge in [-0.05, 0) is 89.9 Å². The number of allylic oxidation sites excluding steroid dienone is 17. The number of rotatable bonds is 38. The van der Waals surface area contributed by atoms with Crippen LogP contribution in [-0.4, -0.2) is 34.9 Å². The maximum atomic E-state index is 12.4. The lowest BCUT2D eigenvalue weighted by Crippen LogP contribution is -2.45. The Morgan fingerprint density at radius 2 is 0.833 bits per heavy atom. The lowest BCUT2D eigenvalue weighted by molar-refractivity contribution is -0.123. The Morgan fingerprint density at radius 1 is 0.463 bits per heavy atom. The van der Waals surface area contributed by atoms with Gasteiger partial charge in [-0.3, -0.25) is 4.79 Å². The fourth-order valence-corrected chi connectivity index (χ4v) is 5.88. The Kier molecular flexibility index (Phi) is 42.0. The van der Waals surface area contributed by atoms with Gasteiger partial charge in [0.25, 0.3) is 0 Å². The van der Waals surface area contributed by atoms with E-state index in [9.17, 15) is 15.0 Å². The smallest absolute Gasteiger partial charge is 0.220 e. The summed E-state index contributed by atoms with van der Waals surface area (Å²) in [5.74, 6) is -0.0882. The van der Waals surface area contributed by atoms with E-state index in [1.54, 1.807) is 6.08 Å². The molecule has 0 heterocycles. The van der Waals surface area contributed by atoms with E-state index in [1.807, 2.05) is 6.08 Å². The normalized spacial score (nSPS) is 14.1. The second kappa shape index (κ2) is 44.4. The number of carbonyl (C=O) groups excluding carboxylic acids is 1. The lowest BCUT2D eigenvalue weighted by Gasteiger charge is -2.19. The minimum atomic E-state index is -0.870. The van der Waals surface area contributed by atoms with Crippen LogP contribution < -0.4 is 5.32 Å². The van der Waals surface area contributed by atoms with Crippen molar-refractivity contribution in [3.63, 3.8) is 0 Å². The molecule has 0 spiro atoms. The monoisotopic (exact) mass is 746 g/mol. The molecule has 0 aromatic carbocycles. The summed E-state index contributed by atoms with van der Waals surface area (Å²) in [5, 5.41) is 22.9. The van der Waals surface area contributed by atoms with E-state index < -0.39 is 12.1 Å². The van der Waals surface area contributed by atoms with Crippen molar-refractivity contribution in [1.29, 1.82) is 0 Å². The largest absolute Gasteiger partial charge is 0.394 e. The Balaban J connectivity index is 3.64. The highest BCUT2D eigenvalue weighted by Gasteiger charge is 2.17. The fourth-order valence-electron chi connectivity index (χ4n) is 5.88. The molecule has 0 aliphatic heterocycles. The fraction of sp³-hybridized carbons (Fsp3) is 0.620. The summed E-state index contributed by atoms with van der Waals surface area (Å²) in [6.07, 6.45) is 67.7. The summed E-state index contributed by atoms with van der Waals surface area (Å²) in [6.45, 7) is 4.13. The molecule has 2 atom stereocenters. The number of aliphatic hydroxyl groups excluding tert-OH is 2. The van der Waals surface area contributed by atoms with Crippen molar-refractivity contribution in [2.45, 2.75) is 193 Å². The predicted octanol–water partition coefficient (Wildman–Crippen LogP) is 14.0. The Labute approximate surface area is 334 Å². The first-order valence-corrected chi connectivity index (χ1v) is 22.1. The van der Waals surface area contributed by atoms with Gasteiger partial charge < -0.3 is 15.5 Å². The Bertz CT molecular complexity index is 1070. The molecule has 0 aliphatic rings. The lowest BCUT2D eigenvalue weighted by atomic mass is 10.1. The number of unbranched alkanes of at least 4 members (excludes halogenated alkanes) is 15. The molecular weight excluding hydrogens is 663 g/mol. The van der Waals surface area contributed by atoms with E-state index in [2.05, 4.69) is 116 Å². The summed E-state index contributed by atoms with van der Waals surface area (Å²) in [4.78, 5) is 12.4.